The maximum atomic E-state index is 6.40. The Morgan fingerprint density at radius 3 is 1.57 bits per heavy atom. The van der Waals surface area contributed by atoms with Gasteiger partial charge in [-0.15, -0.1) is 0 Å². The zero-order valence-electron chi connectivity index (χ0n) is 29.6. The number of hydrogen-bond donors (Lipinski definition) is 0. The molecule has 0 fully saturated rings. The van der Waals surface area contributed by atoms with E-state index < -0.39 is 0 Å². The quantitative estimate of drug-likeness (QED) is 0.166. The van der Waals surface area contributed by atoms with Crippen molar-refractivity contribution in [3.05, 3.63) is 212 Å². The first kappa shape index (κ1) is 31.6. The highest BCUT2D eigenvalue weighted by atomic mass is 16.3. The number of para-hydroxylation sites is 1. The Bertz CT molecular complexity index is 2920. The highest BCUT2D eigenvalue weighted by molar-refractivity contribution is 6.14. The van der Waals surface area contributed by atoms with Crippen LogP contribution >= 0.6 is 0 Å². The lowest BCUT2D eigenvalue weighted by Gasteiger charge is -2.28. The molecule has 0 amide bonds. The van der Waals surface area contributed by atoms with E-state index in [0.717, 1.165) is 44.6 Å². The van der Waals surface area contributed by atoms with Gasteiger partial charge >= 0.3 is 0 Å². The van der Waals surface area contributed by atoms with Gasteiger partial charge in [0.25, 0.3) is 0 Å². The Hall–Kier alpha value is -7.16. The average Bonchev–Trinajstić information content (AvgIpc) is 3.64. The van der Waals surface area contributed by atoms with E-state index in [1.54, 1.807) is 0 Å². The van der Waals surface area contributed by atoms with Gasteiger partial charge in [-0.05, 0) is 86.3 Å². The first-order valence-electron chi connectivity index (χ1n) is 18.4. The lowest BCUT2D eigenvalue weighted by molar-refractivity contribution is 0.669. The minimum Gasteiger partial charge on any atom is -0.456 e. The molecular formula is C52H35NO. The Morgan fingerprint density at radius 1 is 0.315 bits per heavy atom. The van der Waals surface area contributed by atoms with E-state index in [-0.39, 0.29) is 0 Å². The van der Waals surface area contributed by atoms with Crippen LogP contribution in [0.2, 0.25) is 0 Å². The second-order valence-corrected chi connectivity index (χ2v) is 13.6. The van der Waals surface area contributed by atoms with Gasteiger partial charge in [0.05, 0.1) is 16.8 Å². The van der Waals surface area contributed by atoms with Gasteiger partial charge in [-0.1, -0.05) is 176 Å². The van der Waals surface area contributed by atoms with Crippen molar-refractivity contribution in [3.63, 3.8) is 0 Å². The summed E-state index contributed by atoms with van der Waals surface area (Å²) in [6, 6.07) is 75.9. The predicted molar refractivity (Wildman–Crippen MR) is 228 cm³/mol. The van der Waals surface area contributed by atoms with Crippen LogP contribution in [0.1, 0.15) is 0 Å². The molecule has 0 saturated heterocycles. The SMILES string of the molecule is c1ccc(-c2ccccc2-c2c(-c3ccccc3)cccc2-c2ccc(N(c3cccc4ccccc34)c3cccc4oc5ccccc5c34)cc2)cc1. The maximum absolute atomic E-state index is 6.40. The lowest BCUT2D eigenvalue weighted by atomic mass is 9.84. The number of furan rings is 1. The number of rotatable bonds is 7. The summed E-state index contributed by atoms with van der Waals surface area (Å²) in [6.45, 7) is 0. The minimum absolute atomic E-state index is 0.870. The molecule has 2 heteroatoms. The summed E-state index contributed by atoms with van der Waals surface area (Å²) in [6.07, 6.45) is 0. The molecule has 0 aliphatic rings. The van der Waals surface area contributed by atoms with Crippen LogP contribution in [0, 0.1) is 0 Å². The summed E-state index contributed by atoms with van der Waals surface area (Å²) >= 11 is 0. The molecule has 9 aromatic carbocycles. The fraction of sp³-hybridized carbons (Fsp3) is 0. The summed E-state index contributed by atoms with van der Waals surface area (Å²) in [5, 5.41) is 4.58. The zero-order chi connectivity index (χ0) is 35.8. The number of hydrogen-bond acceptors (Lipinski definition) is 2. The molecule has 10 rings (SSSR count). The molecule has 0 spiro atoms. The third kappa shape index (κ3) is 5.44. The largest absolute Gasteiger partial charge is 0.456 e. The van der Waals surface area contributed by atoms with Gasteiger partial charge < -0.3 is 9.32 Å². The van der Waals surface area contributed by atoms with E-state index >= 15 is 0 Å². The fourth-order valence-electron chi connectivity index (χ4n) is 8.06. The van der Waals surface area contributed by atoms with Gasteiger partial charge in [0.15, 0.2) is 0 Å². The molecule has 1 aromatic heterocycles. The van der Waals surface area contributed by atoms with Crippen molar-refractivity contribution in [1.82, 2.24) is 0 Å². The van der Waals surface area contributed by atoms with E-state index in [0.29, 0.717) is 0 Å². The summed E-state index contributed by atoms with van der Waals surface area (Å²) in [5.74, 6) is 0. The molecule has 54 heavy (non-hydrogen) atoms. The van der Waals surface area contributed by atoms with Crippen LogP contribution in [0.4, 0.5) is 17.1 Å². The topological polar surface area (TPSA) is 16.4 Å². The normalized spacial score (nSPS) is 11.3. The van der Waals surface area contributed by atoms with Crippen LogP contribution in [-0.2, 0) is 0 Å². The summed E-state index contributed by atoms with van der Waals surface area (Å²) in [4.78, 5) is 2.39. The number of benzene rings is 9. The molecular weight excluding hydrogens is 655 g/mol. The Kier molecular flexibility index (Phi) is 7.85. The highest BCUT2D eigenvalue weighted by Gasteiger charge is 2.22. The molecule has 0 unspecified atom stereocenters. The summed E-state index contributed by atoms with van der Waals surface area (Å²) in [7, 11) is 0. The molecule has 0 saturated carbocycles. The molecule has 0 bridgehead atoms. The van der Waals surface area contributed by atoms with Gasteiger partial charge in [-0.25, -0.2) is 0 Å². The van der Waals surface area contributed by atoms with Crippen molar-refractivity contribution < 1.29 is 4.42 Å². The van der Waals surface area contributed by atoms with Crippen LogP contribution in [0.25, 0.3) is 77.2 Å². The molecule has 0 N–H and O–H groups in total. The second kappa shape index (κ2) is 13.4. The lowest BCUT2D eigenvalue weighted by Crippen LogP contribution is -2.10. The zero-order valence-corrected chi connectivity index (χ0v) is 29.6. The van der Waals surface area contributed by atoms with Crippen molar-refractivity contribution in [2.75, 3.05) is 4.90 Å². The smallest absolute Gasteiger partial charge is 0.137 e. The van der Waals surface area contributed by atoms with E-state index in [1.165, 1.54) is 49.7 Å². The molecule has 2 nitrogen and oxygen atoms in total. The van der Waals surface area contributed by atoms with Gasteiger partial charge in [0, 0.05) is 16.5 Å². The van der Waals surface area contributed by atoms with Crippen molar-refractivity contribution >= 4 is 49.8 Å². The molecule has 0 radical (unpaired) electrons. The average molecular weight is 690 g/mol. The Balaban J connectivity index is 1.19. The summed E-state index contributed by atoms with van der Waals surface area (Å²) in [5.41, 5.74) is 14.6. The number of nitrogens with zero attached hydrogens (tertiary/aromatic N) is 1. The van der Waals surface area contributed by atoms with Gasteiger partial charge in [0.1, 0.15) is 11.2 Å². The maximum Gasteiger partial charge on any atom is 0.137 e. The van der Waals surface area contributed by atoms with Crippen molar-refractivity contribution in [3.8, 4) is 44.5 Å². The van der Waals surface area contributed by atoms with E-state index in [2.05, 4.69) is 205 Å². The molecule has 10 aromatic rings. The minimum atomic E-state index is 0.870. The molecule has 254 valence electrons. The molecule has 0 aliphatic carbocycles. The van der Waals surface area contributed by atoms with E-state index in [1.807, 2.05) is 12.1 Å². The van der Waals surface area contributed by atoms with Crippen LogP contribution in [0.15, 0.2) is 217 Å². The third-order valence-electron chi connectivity index (χ3n) is 10.5. The van der Waals surface area contributed by atoms with Crippen LogP contribution < -0.4 is 4.90 Å². The van der Waals surface area contributed by atoms with Crippen molar-refractivity contribution in [2.24, 2.45) is 0 Å². The standard InChI is InChI=1S/C52H35NO/c1-3-16-36(17-4-1)41-22-9-10-24-45(41)51-43(38-18-5-2-6-19-38)26-14-27-44(51)39-32-34-40(35-33-39)53(47-28-13-21-37-20-7-8-23-42(37)47)48-29-15-31-50-52(48)46-25-11-12-30-49(46)54-50/h1-35H. The highest BCUT2D eigenvalue weighted by Crippen LogP contribution is 2.47. The van der Waals surface area contributed by atoms with Crippen LogP contribution in [0.5, 0.6) is 0 Å². The fourth-order valence-corrected chi connectivity index (χ4v) is 8.06. The Labute approximate surface area is 314 Å². The predicted octanol–water partition coefficient (Wildman–Crippen LogP) is 14.9. The molecule has 0 atom stereocenters. The third-order valence-corrected chi connectivity index (χ3v) is 10.5. The van der Waals surface area contributed by atoms with Gasteiger partial charge in [-0.3, -0.25) is 0 Å². The van der Waals surface area contributed by atoms with Gasteiger partial charge in [0.2, 0.25) is 0 Å². The monoisotopic (exact) mass is 689 g/mol. The second-order valence-electron chi connectivity index (χ2n) is 13.6. The van der Waals surface area contributed by atoms with Gasteiger partial charge in [-0.2, -0.15) is 0 Å². The molecule has 1 heterocycles. The first-order valence-corrected chi connectivity index (χ1v) is 18.4. The van der Waals surface area contributed by atoms with E-state index in [4.69, 9.17) is 4.42 Å². The van der Waals surface area contributed by atoms with Crippen LogP contribution in [0.3, 0.4) is 0 Å². The van der Waals surface area contributed by atoms with E-state index in [9.17, 15) is 0 Å². The molecule has 0 aliphatic heterocycles. The first-order chi connectivity index (χ1) is 26.8. The van der Waals surface area contributed by atoms with Crippen molar-refractivity contribution in [2.45, 2.75) is 0 Å². The number of fused-ring (bicyclic) bond motifs is 4. The summed E-state index contributed by atoms with van der Waals surface area (Å²) < 4.78 is 6.40. The van der Waals surface area contributed by atoms with Crippen molar-refractivity contribution in [1.29, 1.82) is 0 Å². The van der Waals surface area contributed by atoms with Crippen LogP contribution in [-0.4, -0.2) is 0 Å². The Morgan fingerprint density at radius 2 is 0.815 bits per heavy atom. The number of anilines is 3.